The minimum atomic E-state index is 0.650. The van der Waals surface area contributed by atoms with Gasteiger partial charge in [0.05, 0.1) is 0 Å². The number of aryl methyl sites for hydroxylation is 1. The summed E-state index contributed by atoms with van der Waals surface area (Å²) in [6.07, 6.45) is 2.66. The molecule has 0 saturated carbocycles. The van der Waals surface area contributed by atoms with Crippen molar-refractivity contribution in [1.29, 1.82) is 0 Å². The summed E-state index contributed by atoms with van der Waals surface area (Å²) < 4.78 is 0. The van der Waals surface area contributed by atoms with Crippen molar-refractivity contribution in [3.8, 4) is 0 Å². The van der Waals surface area contributed by atoms with Gasteiger partial charge in [0, 0.05) is 6.04 Å². The van der Waals surface area contributed by atoms with E-state index in [-0.39, 0.29) is 0 Å². The zero-order valence-electron chi connectivity index (χ0n) is 9.09. The van der Waals surface area contributed by atoms with Gasteiger partial charge in [-0.3, -0.25) is 0 Å². The summed E-state index contributed by atoms with van der Waals surface area (Å²) in [6, 6.07) is 9.58. The Kier molecular flexibility index (Phi) is 2.87. The molecular formula is C13H19N. The maximum absolute atomic E-state index is 3.57. The van der Waals surface area contributed by atoms with Crippen LogP contribution in [0.25, 0.3) is 0 Å². The summed E-state index contributed by atoms with van der Waals surface area (Å²) >= 11 is 0. The molecule has 1 fully saturated rings. The van der Waals surface area contributed by atoms with Crippen molar-refractivity contribution in [1.82, 2.24) is 5.32 Å². The molecule has 1 N–H and O–H groups in total. The third-order valence-corrected chi connectivity index (χ3v) is 3.27. The van der Waals surface area contributed by atoms with Crippen molar-refractivity contribution in [3.63, 3.8) is 0 Å². The van der Waals surface area contributed by atoms with E-state index in [4.69, 9.17) is 0 Å². The maximum Gasteiger partial charge on any atom is 0.0134 e. The van der Waals surface area contributed by atoms with Crippen LogP contribution in [0.1, 0.15) is 36.8 Å². The Labute approximate surface area is 86.5 Å². The standard InChI is InChI=1S/C13H19N/c1-10-5-3-6-12(9-10)11(2)13-7-4-8-14-13/h3,5-6,9,11,13-14H,4,7-8H2,1-2H3. The van der Waals surface area contributed by atoms with Gasteiger partial charge in [-0.25, -0.2) is 0 Å². The first-order chi connectivity index (χ1) is 6.77. The second-order valence-corrected chi connectivity index (χ2v) is 4.41. The van der Waals surface area contributed by atoms with Gasteiger partial charge in [0.25, 0.3) is 0 Å². The highest BCUT2D eigenvalue weighted by atomic mass is 14.9. The highest BCUT2D eigenvalue weighted by Crippen LogP contribution is 2.25. The van der Waals surface area contributed by atoms with Crippen LogP contribution in [0.2, 0.25) is 0 Å². The molecule has 1 aliphatic heterocycles. The number of hydrogen-bond donors (Lipinski definition) is 1. The van der Waals surface area contributed by atoms with Gasteiger partial charge in [-0.05, 0) is 37.8 Å². The van der Waals surface area contributed by atoms with Crippen LogP contribution >= 0.6 is 0 Å². The molecule has 2 atom stereocenters. The predicted molar refractivity (Wildman–Crippen MR) is 60.6 cm³/mol. The number of rotatable bonds is 2. The van der Waals surface area contributed by atoms with Crippen molar-refractivity contribution < 1.29 is 0 Å². The lowest BCUT2D eigenvalue weighted by molar-refractivity contribution is 0.517. The Morgan fingerprint density at radius 1 is 1.43 bits per heavy atom. The molecule has 0 spiro atoms. The van der Waals surface area contributed by atoms with Gasteiger partial charge in [0.1, 0.15) is 0 Å². The van der Waals surface area contributed by atoms with Crippen LogP contribution in [-0.2, 0) is 0 Å². The summed E-state index contributed by atoms with van der Waals surface area (Å²) in [4.78, 5) is 0. The number of benzene rings is 1. The van der Waals surface area contributed by atoms with Gasteiger partial charge >= 0.3 is 0 Å². The Bertz CT molecular complexity index is 300. The molecule has 1 nitrogen and oxygen atoms in total. The molecule has 0 aromatic heterocycles. The van der Waals surface area contributed by atoms with Crippen LogP contribution in [0, 0.1) is 6.92 Å². The lowest BCUT2D eigenvalue weighted by Crippen LogP contribution is -2.27. The first-order valence-corrected chi connectivity index (χ1v) is 5.57. The first kappa shape index (κ1) is 9.72. The molecule has 1 aromatic carbocycles. The van der Waals surface area contributed by atoms with E-state index in [0.717, 1.165) is 0 Å². The highest BCUT2D eigenvalue weighted by Gasteiger charge is 2.21. The van der Waals surface area contributed by atoms with Gasteiger partial charge < -0.3 is 5.32 Å². The molecule has 1 heterocycles. The number of hydrogen-bond acceptors (Lipinski definition) is 1. The largest absolute Gasteiger partial charge is 0.313 e. The Balaban J connectivity index is 2.13. The monoisotopic (exact) mass is 189 g/mol. The zero-order chi connectivity index (χ0) is 9.97. The molecule has 1 saturated heterocycles. The SMILES string of the molecule is Cc1cccc(C(C)C2CCCN2)c1. The molecule has 1 heteroatoms. The van der Waals surface area contributed by atoms with E-state index in [9.17, 15) is 0 Å². The van der Waals surface area contributed by atoms with Crippen LogP contribution in [0.5, 0.6) is 0 Å². The van der Waals surface area contributed by atoms with Crippen molar-refractivity contribution in [2.24, 2.45) is 0 Å². The molecule has 0 aliphatic carbocycles. The van der Waals surface area contributed by atoms with Crippen LogP contribution < -0.4 is 5.32 Å². The molecule has 1 aromatic rings. The van der Waals surface area contributed by atoms with Crippen LogP contribution in [0.15, 0.2) is 24.3 Å². The smallest absolute Gasteiger partial charge is 0.0134 e. The summed E-state index contributed by atoms with van der Waals surface area (Å²) in [5, 5.41) is 3.57. The van der Waals surface area contributed by atoms with Gasteiger partial charge in [0.15, 0.2) is 0 Å². The zero-order valence-corrected chi connectivity index (χ0v) is 9.09. The van der Waals surface area contributed by atoms with Crippen molar-refractivity contribution >= 4 is 0 Å². The van der Waals surface area contributed by atoms with Crippen molar-refractivity contribution in [3.05, 3.63) is 35.4 Å². The minimum absolute atomic E-state index is 0.650. The summed E-state index contributed by atoms with van der Waals surface area (Å²) in [6.45, 7) is 5.69. The fourth-order valence-corrected chi connectivity index (χ4v) is 2.32. The Morgan fingerprint density at radius 2 is 2.29 bits per heavy atom. The minimum Gasteiger partial charge on any atom is -0.313 e. The van der Waals surface area contributed by atoms with E-state index >= 15 is 0 Å². The lowest BCUT2D eigenvalue weighted by Gasteiger charge is -2.20. The van der Waals surface area contributed by atoms with Crippen LogP contribution in [0.4, 0.5) is 0 Å². The van der Waals surface area contributed by atoms with Gasteiger partial charge in [0.2, 0.25) is 0 Å². The van der Waals surface area contributed by atoms with E-state index in [1.807, 2.05) is 0 Å². The summed E-state index contributed by atoms with van der Waals surface area (Å²) in [7, 11) is 0. The molecule has 1 aliphatic rings. The quantitative estimate of drug-likeness (QED) is 0.754. The van der Waals surface area contributed by atoms with Crippen molar-refractivity contribution in [2.75, 3.05) is 6.54 Å². The van der Waals surface area contributed by atoms with E-state index in [0.29, 0.717) is 12.0 Å². The second-order valence-electron chi connectivity index (χ2n) is 4.41. The van der Waals surface area contributed by atoms with Crippen LogP contribution in [0.3, 0.4) is 0 Å². The van der Waals surface area contributed by atoms with E-state index < -0.39 is 0 Å². The average Bonchev–Trinajstić information content (AvgIpc) is 2.69. The summed E-state index contributed by atoms with van der Waals surface area (Å²) in [5.41, 5.74) is 2.84. The number of nitrogens with one attached hydrogen (secondary N) is 1. The molecule has 14 heavy (non-hydrogen) atoms. The van der Waals surface area contributed by atoms with E-state index in [1.165, 1.54) is 30.5 Å². The van der Waals surface area contributed by atoms with Gasteiger partial charge in [-0.1, -0.05) is 36.8 Å². The Hall–Kier alpha value is -0.820. The Morgan fingerprint density at radius 3 is 2.93 bits per heavy atom. The topological polar surface area (TPSA) is 12.0 Å². The fraction of sp³-hybridized carbons (Fsp3) is 0.538. The van der Waals surface area contributed by atoms with Crippen molar-refractivity contribution in [2.45, 2.75) is 38.6 Å². The molecule has 0 bridgehead atoms. The third-order valence-electron chi connectivity index (χ3n) is 3.27. The lowest BCUT2D eigenvalue weighted by atomic mass is 9.91. The normalized spacial score (nSPS) is 23.7. The molecule has 76 valence electrons. The van der Waals surface area contributed by atoms with E-state index in [1.54, 1.807) is 0 Å². The predicted octanol–water partition coefficient (Wildman–Crippen LogP) is 2.85. The molecule has 2 unspecified atom stereocenters. The third kappa shape index (κ3) is 1.98. The van der Waals surface area contributed by atoms with Gasteiger partial charge in [-0.15, -0.1) is 0 Å². The first-order valence-electron chi connectivity index (χ1n) is 5.57. The summed E-state index contributed by atoms with van der Waals surface area (Å²) in [5.74, 6) is 0.650. The maximum atomic E-state index is 3.57. The average molecular weight is 189 g/mol. The van der Waals surface area contributed by atoms with Gasteiger partial charge in [-0.2, -0.15) is 0 Å². The molecule has 0 radical (unpaired) electrons. The molecule has 0 amide bonds. The van der Waals surface area contributed by atoms with Crippen LogP contribution in [-0.4, -0.2) is 12.6 Å². The van der Waals surface area contributed by atoms with E-state index in [2.05, 4.69) is 43.4 Å². The molecular weight excluding hydrogens is 170 g/mol. The fourth-order valence-electron chi connectivity index (χ4n) is 2.32. The highest BCUT2D eigenvalue weighted by molar-refractivity contribution is 5.26. The molecule has 2 rings (SSSR count). The second kappa shape index (κ2) is 4.14.